The molecule has 2 aromatic rings. The summed E-state index contributed by atoms with van der Waals surface area (Å²) in [5.41, 5.74) is 6.26. The van der Waals surface area contributed by atoms with Crippen molar-refractivity contribution in [2.45, 2.75) is 12.5 Å². The molecule has 1 aromatic heterocycles. The maximum Gasteiger partial charge on any atom is 0.326 e. The maximum atomic E-state index is 11.1. The number of carbonyl (C=O) groups is 2. The average Bonchev–Trinajstić information content (AvgIpc) is 2.37. The lowest BCUT2D eigenvalue weighted by Gasteiger charge is -2.14. The lowest BCUT2D eigenvalue weighted by molar-refractivity contribution is -0.144. The Balaban J connectivity index is 2.37. The smallest absolute Gasteiger partial charge is 0.326 e. The molecule has 5 N–H and O–H groups in total. The second-order valence-corrected chi connectivity index (χ2v) is 4.27. The Bertz CT molecular complexity index is 672. The van der Waals surface area contributed by atoms with E-state index in [2.05, 4.69) is 10.3 Å². The summed E-state index contributed by atoms with van der Waals surface area (Å²) in [6.45, 7) is 0. The number of fused-ring (bicyclic) bond motifs is 1. The number of pyridine rings is 1. The minimum atomic E-state index is -1.25. The highest BCUT2D eigenvalue weighted by Crippen LogP contribution is 2.23. The van der Waals surface area contributed by atoms with Crippen LogP contribution in [0.25, 0.3) is 10.8 Å². The van der Waals surface area contributed by atoms with E-state index in [9.17, 15) is 9.59 Å². The molecule has 0 saturated heterocycles. The molecule has 7 nitrogen and oxygen atoms in total. The highest BCUT2D eigenvalue weighted by atomic mass is 16.4. The molecule has 0 aliphatic rings. The molecule has 0 amide bonds. The van der Waals surface area contributed by atoms with E-state index in [0.29, 0.717) is 16.9 Å². The fraction of sp³-hybridized carbons (Fsp3) is 0.154. The summed E-state index contributed by atoms with van der Waals surface area (Å²) < 4.78 is 0. The van der Waals surface area contributed by atoms with Gasteiger partial charge in [0.25, 0.3) is 0 Å². The molecule has 1 atom stereocenters. The van der Waals surface area contributed by atoms with Crippen LogP contribution in [0, 0.1) is 0 Å². The molecule has 0 radical (unpaired) electrons. The number of nitrogens with zero attached hydrogens (tertiary/aromatic N) is 1. The largest absolute Gasteiger partial charge is 0.481 e. The van der Waals surface area contributed by atoms with Crippen LogP contribution in [0.3, 0.4) is 0 Å². The third-order valence-corrected chi connectivity index (χ3v) is 2.78. The minimum Gasteiger partial charge on any atom is -0.481 e. The number of carboxylic acids is 2. The summed E-state index contributed by atoms with van der Waals surface area (Å²) in [5, 5.41) is 21.9. The lowest BCUT2D eigenvalue weighted by atomic mass is 10.1. The van der Waals surface area contributed by atoms with E-state index < -0.39 is 24.4 Å². The highest BCUT2D eigenvalue weighted by molar-refractivity contribution is 5.95. The molecule has 0 saturated carbocycles. The summed E-state index contributed by atoms with van der Waals surface area (Å²) in [6.07, 6.45) is 0.964. The number of rotatable bonds is 5. The Morgan fingerprint density at radius 1 is 1.30 bits per heavy atom. The molecule has 1 aromatic carbocycles. The summed E-state index contributed by atoms with van der Waals surface area (Å²) in [6, 6.07) is 5.60. The number of anilines is 2. The van der Waals surface area contributed by atoms with Crippen molar-refractivity contribution in [1.82, 2.24) is 4.98 Å². The van der Waals surface area contributed by atoms with Crippen LogP contribution in [0.1, 0.15) is 6.42 Å². The van der Waals surface area contributed by atoms with Gasteiger partial charge < -0.3 is 21.3 Å². The molecule has 0 spiro atoms. The number of nitrogen functional groups attached to an aromatic ring is 1. The number of hydrogen-bond acceptors (Lipinski definition) is 5. The molecule has 20 heavy (non-hydrogen) atoms. The van der Waals surface area contributed by atoms with Gasteiger partial charge in [-0.1, -0.05) is 0 Å². The van der Waals surface area contributed by atoms with Gasteiger partial charge in [0.15, 0.2) is 0 Å². The van der Waals surface area contributed by atoms with Crippen LogP contribution in [0.15, 0.2) is 30.5 Å². The normalized spacial score (nSPS) is 12.0. The van der Waals surface area contributed by atoms with Crippen LogP contribution in [-0.4, -0.2) is 33.2 Å². The van der Waals surface area contributed by atoms with Gasteiger partial charge in [0, 0.05) is 17.3 Å². The summed E-state index contributed by atoms with van der Waals surface area (Å²) in [7, 11) is 0. The van der Waals surface area contributed by atoms with Gasteiger partial charge in [-0.2, -0.15) is 0 Å². The number of benzene rings is 1. The zero-order chi connectivity index (χ0) is 14.7. The zero-order valence-corrected chi connectivity index (χ0v) is 10.4. The van der Waals surface area contributed by atoms with Crippen molar-refractivity contribution < 1.29 is 19.8 Å². The van der Waals surface area contributed by atoms with Crippen molar-refractivity contribution >= 4 is 34.2 Å². The van der Waals surface area contributed by atoms with E-state index in [0.717, 1.165) is 5.39 Å². The van der Waals surface area contributed by atoms with Gasteiger partial charge in [-0.25, -0.2) is 9.78 Å². The molecule has 0 bridgehead atoms. The number of nitrogens with one attached hydrogen (secondary N) is 1. The summed E-state index contributed by atoms with van der Waals surface area (Å²) >= 11 is 0. The van der Waals surface area contributed by atoms with Crippen LogP contribution in [0.5, 0.6) is 0 Å². The first kappa shape index (κ1) is 13.6. The van der Waals surface area contributed by atoms with Gasteiger partial charge in [0.05, 0.1) is 6.42 Å². The Labute approximate surface area is 114 Å². The van der Waals surface area contributed by atoms with Crippen molar-refractivity contribution in [2.24, 2.45) is 0 Å². The Hall–Kier alpha value is -2.83. The predicted octanol–water partition coefficient (Wildman–Crippen LogP) is 1.16. The molecule has 0 aliphatic carbocycles. The van der Waals surface area contributed by atoms with E-state index in [4.69, 9.17) is 15.9 Å². The molecule has 104 valence electrons. The van der Waals surface area contributed by atoms with Gasteiger partial charge in [0.1, 0.15) is 11.9 Å². The number of aromatic nitrogens is 1. The van der Waals surface area contributed by atoms with Crippen molar-refractivity contribution in [3.8, 4) is 0 Å². The first-order valence-corrected chi connectivity index (χ1v) is 5.83. The lowest BCUT2D eigenvalue weighted by Crippen LogP contribution is -2.32. The second kappa shape index (κ2) is 5.43. The zero-order valence-electron chi connectivity index (χ0n) is 10.4. The van der Waals surface area contributed by atoms with E-state index in [-0.39, 0.29) is 0 Å². The van der Waals surface area contributed by atoms with E-state index >= 15 is 0 Å². The SMILES string of the molecule is Nc1ccc2c(NC(CC(=O)O)C(=O)O)nccc2c1. The molecular formula is C13H13N3O4. The topological polar surface area (TPSA) is 126 Å². The van der Waals surface area contributed by atoms with Crippen LogP contribution >= 0.6 is 0 Å². The summed E-state index contributed by atoms with van der Waals surface area (Å²) in [5.74, 6) is -2.13. The van der Waals surface area contributed by atoms with Gasteiger partial charge >= 0.3 is 11.9 Å². The summed E-state index contributed by atoms with van der Waals surface area (Å²) in [4.78, 5) is 25.8. The van der Waals surface area contributed by atoms with Crippen LogP contribution in [-0.2, 0) is 9.59 Å². The van der Waals surface area contributed by atoms with Crippen molar-refractivity contribution in [3.63, 3.8) is 0 Å². The first-order valence-electron chi connectivity index (χ1n) is 5.83. The molecule has 1 heterocycles. The maximum absolute atomic E-state index is 11.1. The monoisotopic (exact) mass is 275 g/mol. The average molecular weight is 275 g/mol. The highest BCUT2D eigenvalue weighted by Gasteiger charge is 2.21. The van der Waals surface area contributed by atoms with E-state index in [1.54, 1.807) is 24.3 Å². The van der Waals surface area contributed by atoms with Crippen molar-refractivity contribution in [2.75, 3.05) is 11.1 Å². The van der Waals surface area contributed by atoms with Crippen LogP contribution in [0.4, 0.5) is 11.5 Å². The number of nitrogens with two attached hydrogens (primary N) is 1. The van der Waals surface area contributed by atoms with Crippen LogP contribution < -0.4 is 11.1 Å². The minimum absolute atomic E-state index is 0.316. The van der Waals surface area contributed by atoms with Gasteiger partial charge in [-0.15, -0.1) is 0 Å². The standard InChI is InChI=1S/C13H13N3O4/c14-8-1-2-9-7(5-8)3-4-15-12(9)16-10(13(19)20)6-11(17)18/h1-5,10H,6,14H2,(H,15,16)(H,17,18)(H,19,20). The second-order valence-electron chi connectivity index (χ2n) is 4.27. The molecule has 0 aliphatic heterocycles. The van der Waals surface area contributed by atoms with Crippen molar-refractivity contribution in [3.05, 3.63) is 30.5 Å². The van der Waals surface area contributed by atoms with Crippen LogP contribution in [0.2, 0.25) is 0 Å². The number of hydrogen-bond donors (Lipinski definition) is 4. The fourth-order valence-corrected chi connectivity index (χ4v) is 1.85. The van der Waals surface area contributed by atoms with Gasteiger partial charge in [0.2, 0.25) is 0 Å². The quantitative estimate of drug-likeness (QED) is 0.603. The molecule has 2 rings (SSSR count). The van der Waals surface area contributed by atoms with Gasteiger partial charge in [-0.3, -0.25) is 4.79 Å². The fourth-order valence-electron chi connectivity index (χ4n) is 1.85. The van der Waals surface area contributed by atoms with E-state index in [1.165, 1.54) is 6.20 Å². The Morgan fingerprint density at radius 3 is 2.70 bits per heavy atom. The third kappa shape index (κ3) is 2.94. The molecular weight excluding hydrogens is 262 g/mol. The molecule has 0 fully saturated rings. The predicted molar refractivity (Wildman–Crippen MR) is 73.5 cm³/mol. The Morgan fingerprint density at radius 2 is 2.05 bits per heavy atom. The van der Waals surface area contributed by atoms with Gasteiger partial charge in [-0.05, 0) is 29.7 Å². The number of carboxylic acid groups (broad SMARTS) is 2. The van der Waals surface area contributed by atoms with E-state index in [1.807, 2.05) is 0 Å². The Kier molecular flexibility index (Phi) is 3.69. The molecule has 1 unspecified atom stereocenters. The third-order valence-electron chi connectivity index (χ3n) is 2.78. The van der Waals surface area contributed by atoms with Crippen molar-refractivity contribution in [1.29, 1.82) is 0 Å². The number of aliphatic carboxylic acids is 2. The first-order chi connectivity index (χ1) is 9.47. The molecule has 7 heteroatoms.